The Kier molecular flexibility index (Phi) is 4.63. The van der Waals surface area contributed by atoms with Crippen LogP contribution in [0.25, 0.3) is 0 Å². The van der Waals surface area contributed by atoms with Crippen LogP contribution in [0.15, 0.2) is 60.8 Å². The van der Waals surface area contributed by atoms with Crippen molar-refractivity contribution in [3.05, 3.63) is 71.9 Å². The zero-order chi connectivity index (χ0) is 16.8. The SMILES string of the molecule is CC(Nc1nncc(Nc2ccc(C#N)cc2)n1)c1ccccc1. The first-order valence-electron chi connectivity index (χ1n) is 7.53. The van der Waals surface area contributed by atoms with E-state index in [9.17, 15) is 0 Å². The average molecular weight is 316 g/mol. The van der Waals surface area contributed by atoms with Crippen molar-refractivity contribution in [1.29, 1.82) is 5.26 Å². The molecule has 6 heteroatoms. The Morgan fingerprint density at radius 3 is 2.50 bits per heavy atom. The maximum Gasteiger partial charge on any atom is 0.245 e. The molecule has 3 aromatic rings. The summed E-state index contributed by atoms with van der Waals surface area (Å²) >= 11 is 0. The summed E-state index contributed by atoms with van der Waals surface area (Å²) in [6.07, 6.45) is 1.55. The minimum absolute atomic E-state index is 0.0677. The van der Waals surface area contributed by atoms with E-state index in [0.29, 0.717) is 17.3 Å². The van der Waals surface area contributed by atoms with Crippen LogP contribution in [-0.4, -0.2) is 15.2 Å². The fraction of sp³-hybridized carbons (Fsp3) is 0.111. The van der Waals surface area contributed by atoms with Crippen molar-refractivity contribution in [1.82, 2.24) is 15.2 Å². The molecule has 1 atom stereocenters. The van der Waals surface area contributed by atoms with Crippen molar-refractivity contribution in [2.45, 2.75) is 13.0 Å². The smallest absolute Gasteiger partial charge is 0.245 e. The van der Waals surface area contributed by atoms with E-state index in [4.69, 9.17) is 5.26 Å². The predicted molar refractivity (Wildman–Crippen MR) is 92.7 cm³/mol. The molecule has 24 heavy (non-hydrogen) atoms. The van der Waals surface area contributed by atoms with Crippen molar-refractivity contribution in [2.75, 3.05) is 10.6 Å². The normalized spacial score (nSPS) is 11.3. The molecule has 0 radical (unpaired) electrons. The van der Waals surface area contributed by atoms with Crippen LogP contribution in [0.3, 0.4) is 0 Å². The zero-order valence-electron chi connectivity index (χ0n) is 13.1. The molecule has 1 heterocycles. The topological polar surface area (TPSA) is 86.5 Å². The molecule has 118 valence electrons. The zero-order valence-corrected chi connectivity index (χ0v) is 13.1. The highest BCUT2D eigenvalue weighted by Gasteiger charge is 2.07. The number of nitrogens with zero attached hydrogens (tertiary/aromatic N) is 4. The second kappa shape index (κ2) is 7.20. The van der Waals surface area contributed by atoms with Gasteiger partial charge in [-0.2, -0.15) is 15.3 Å². The molecule has 0 saturated heterocycles. The first kappa shape index (κ1) is 15.4. The van der Waals surface area contributed by atoms with E-state index in [2.05, 4.69) is 31.9 Å². The third-order valence-electron chi connectivity index (χ3n) is 3.49. The number of hydrogen-bond donors (Lipinski definition) is 2. The van der Waals surface area contributed by atoms with Crippen LogP contribution in [0.5, 0.6) is 0 Å². The Morgan fingerprint density at radius 1 is 1.04 bits per heavy atom. The van der Waals surface area contributed by atoms with E-state index in [0.717, 1.165) is 11.3 Å². The summed E-state index contributed by atoms with van der Waals surface area (Å²) in [4.78, 5) is 4.42. The Morgan fingerprint density at radius 2 is 1.79 bits per heavy atom. The third-order valence-corrected chi connectivity index (χ3v) is 3.49. The van der Waals surface area contributed by atoms with Gasteiger partial charge < -0.3 is 10.6 Å². The fourth-order valence-electron chi connectivity index (χ4n) is 2.22. The van der Waals surface area contributed by atoms with E-state index < -0.39 is 0 Å². The Hall–Kier alpha value is -3.46. The maximum absolute atomic E-state index is 8.82. The van der Waals surface area contributed by atoms with Gasteiger partial charge in [-0.25, -0.2) is 0 Å². The maximum atomic E-state index is 8.82. The van der Waals surface area contributed by atoms with E-state index in [1.165, 1.54) is 0 Å². The van der Waals surface area contributed by atoms with Crippen LogP contribution in [0, 0.1) is 11.3 Å². The molecule has 0 bridgehead atoms. The van der Waals surface area contributed by atoms with Crippen molar-refractivity contribution in [2.24, 2.45) is 0 Å². The van der Waals surface area contributed by atoms with Crippen LogP contribution in [0.4, 0.5) is 17.5 Å². The second-order valence-corrected chi connectivity index (χ2v) is 5.26. The molecular weight excluding hydrogens is 300 g/mol. The molecule has 1 aromatic heterocycles. The van der Waals surface area contributed by atoms with Gasteiger partial charge in [0.1, 0.15) is 0 Å². The molecule has 0 spiro atoms. The minimum atomic E-state index is 0.0677. The van der Waals surface area contributed by atoms with Crippen molar-refractivity contribution in [3.63, 3.8) is 0 Å². The van der Waals surface area contributed by atoms with Gasteiger partial charge in [0.2, 0.25) is 5.95 Å². The number of nitrogens with one attached hydrogen (secondary N) is 2. The lowest BCUT2D eigenvalue weighted by Crippen LogP contribution is -2.10. The summed E-state index contributed by atoms with van der Waals surface area (Å²) in [5.74, 6) is 1.03. The molecular formula is C18H16N6. The monoisotopic (exact) mass is 316 g/mol. The summed E-state index contributed by atoms with van der Waals surface area (Å²) in [5, 5.41) is 23.2. The summed E-state index contributed by atoms with van der Waals surface area (Å²) in [7, 11) is 0. The minimum Gasteiger partial charge on any atom is -0.346 e. The largest absolute Gasteiger partial charge is 0.346 e. The van der Waals surface area contributed by atoms with E-state index in [1.54, 1.807) is 18.3 Å². The number of aromatic nitrogens is 3. The second-order valence-electron chi connectivity index (χ2n) is 5.26. The van der Waals surface area contributed by atoms with Gasteiger partial charge in [-0.15, -0.1) is 5.10 Å². The standard InChI is InChI=1S/C18H16N6/c1-13(15-5-3-2-4-6-15)21-18-23-17(12-20-24-18)22-16-9-7-14(11-19)8-10-16/h2-10,12-13H,1H3,(H2,21,22,23,24). The summed E-state index contributed by atoms with van der Waals surface area (Å²) < 4.78 is 0. The summed E-state index contributed by atoms with van der Waals surface area (Å²) in [6.45, 7) is 2.04. The van der Waals surface area contributed by atoms with Crippen molar-refractivity contribution >= 4 is 17.5 Å². The lowest BCUT2D eigenvalue weighted by molar-refractivity contribution is 0.841. The summed E-state index contributed by atoms with van der Waals surface area (Å²) in [6, 6.07) is 19.3. The molecule has 2 aromatic carbocycles. The molecule has 1 unspecified atom stereocenters. The molecule has 0 aliphatic carbocycles. The van der Waals surface area contributed by atoms with E-state index in [-0.39, 0.29) is 6.04 Å². The molecule has 0 aliphatic heterocycles. The van der Waals surface area contributed by atoms with Crippen LogP contribution in [0.1, 0.15) is 24.1 Å². The third kappa shape index (κ3) is 3.84. The number of anilines is 3. The van der Waals surface area contributed by atoms with Crippen LogP contribution in [0.2, 0.25) is 0 Å². The van der Waals surface area contributed by atoms with Gasteiger partial charge in [0.25, 0.3) is 0 Å². The first-order valence-corrected chi connectivity index (χ1v) is 7.53. The van der Waals surface area contributed by atoms with E-state index >= 15 is 0 Å². The molecule has 3 rings (SSSR count). The molecule has 0 amide bonds. The van der Waals surface area contributed by atoms with Crippen LogP contribution >= 0.6 is 0 Å². The van der Waals surface area contributed by atoms with Gasteiger partial charge in [0.15, 0.2) is 5.82 Å². The molecule has 0 saturated carbocycles. The predicted octanol–water partition coefficient (Wildman–Crippen LogP) is 3.66. The average Bonchev–Trinajstić information content (AvgIpc) is 2.63. The highest BCUT2D eigenvalue weighted by atomic mass is 15.3. The van der Waals surface area contributed by atoms with Crippen LogP contribution in [-0.2, 0) is 0 Å². The first-order chi connectivity index (χ1) is 11.7. The number of rotatable bonds is 5. The highest BCUT2D eigenvalue weighted by molar-refractivity contribution is 5.57. The van der Waals surface area contributed by atoms with Crippen molar-refractivity contribution < 1.29 is 0 Å². The van der Waals surface area contributed by atoms with E-state index in [1.807, 2.05) is 49.4 Å². The number of benzene rings is 2. The molecule has 0 fully saturated rings. The number of nitriles is 1. The van der Waals surface area contributed by atoms with Crippen LogP contribution < -0.4 is 10.6 Å². The lowest BCUT2D eigenvalue weighted by atomic mass is 10.1. The highest BCUT2D eigenvalue weighted by Crippen LogP contribution is 2.18. The van der Waals surface area contributed by atoms with Gasteiger partial charge in [-0.3, -0.25) is 0 Å². The molecule has 2 N–H and O–H groups in total. The van der Waals surface area contributed by atoms with Gasteiger partial charge >= 0.3 is 0 Å². The van der Waals surface area contributed by atoms with Gasteiger partial charge in [-0.05, 0) is 36.8 Å². The lowest BCUT2D eigenvalue weighted by Gasteiger charge is -2.14. The molecule has 6 nitrogen and oxygen atoms in total. The Bertz CT molecular complexity index is 839. The van der Waals surface area contributed by atoms with Gasteiger partial charge in [0, 0.05) is 5.69 Å². The quantitative estimate of drug-likeness (QED) is 0.747. The van der Waals surface area contributed by atoms with Crippen molar-refractivity contribution in [3.8, 4) is 6.07 Å². The molecule has 0 aliphatic rings. The number of hydrogen-bond acceptors (Lipinski definition) is 6. The summed E-state index contributed by atoms with van der Waals surface area (Å²) in [5.41, 5.74) is 2.59. The fourth-order valence-corrected chi connectivity index (χ4v) is 2.22. The Balaban J connectivity index is 1.70. The Labute approximate surface area is 140 Å². The van der Waals surface area contributed by atoms with Gasteiger partial charge in [0.05, 0.1) is 23.9 Å². The van der Waals surface area contributed by atoms with Gasteiger partial charge in [-0.1, -0.05) is 30.3 Å².